The molecule has 0 aliphatic carbocycles. The molecular formula is C9H20N4O3Si. The summed E-state index contributed by atoms with van der Waals surface area (Å²) in [4.78, 5) is 41.5. The number of rotatable bonds is 6. The van der Waals surface area contributed by atoms with Gasteiger partial charge in [-0.25, -0.2) is 0 Å². The van der Waals surface area contributed by atoms with Crippen LogP contribution >= 0.6 is 0 Å². The van der Waals surface area contributed by atoms with Crippen molar-refractivity contribution in [1.29, 1.82) is 0 Å². The molecule has 0 fully saturated rings. The van der Waals surface area contributed by atoms with E-state index in [0.717, 1.165) is 0 Å². The minimum Gasteiger partial charge on any atom is -0.348 e. The number of hydrogen-bond acceptors (Lipinski definition) is 4. The molecule has 98 valence electrons. The second-order valence-electron chi connectivity index (χ2n) is 3.84. The first-order valence-electron chi connectivity index (χ1n) is 5.37. The molecule has 0 atom stereocenters. The highest BCUT2D eigenvalue weighted by Crippen LogP contribution is 2.02. The highest BCUT2D eigenvalue weighted by molar-refractivity contribution is 6.78. The molecule has 0 aliphatic heterocycles. The highest BCUT2D eigenvalue weighted by Gasteiger charge is 2.38. The molecule has 8 heteroatoms. The first kappa shape index (κ1) is 15.6. The quantitative estimate of drug-likeness (QED) is 0.444. The summed E-state index contributed by atoms with van der Waals surface area (Å²) in [5.41, 5.74) is 5.41. The molecular weight excluding hydrogens is 240 g/mol. The van der Waals surface area contributed by atoms with Gasteiger partial charge in [-0.2, -0.15) is 0 Å². The van der Waals surface area contributed by atoms with Crippen molar-refractivity contribution in [3.8, 4) is 0 Å². The van der Waals surface area contributed by atoms with E-state index in [1.54, 1.807) is 0 Å². The Hall–Kier alpha value is -1.41. The lowest BCUT2D eigenvalue weighted by atomic mass is 10.5. The molecule has 0 saturated heterocycles. The fourth-order valence-corrected chi connectivity index (χ4v) is 4.65. The van der Waals surface area contributed by atoms with E-state index >= 15 is 0 Å². The first-order chi connectivity index (χ1) is 7.81. The molecule has 3 amide bonds. The van der Waals surface area contributed by atoms with Gasteiger partial charge in [0.2, 0.25) is 17.7 Å². The third-order valence-electron chi connectivity index (χ3n) is 1.92. The van der Waals surface area contributed by atoms with Crippen LogP contribution in [0.2, 0.25) is 6.04 Å². The second-order valence-corrected chi connectivity index (χ2v) is 6.90. The number of nitrogens with one attached hydrogen (secondary N) is 3. The lowest BCUT2D eigenvalue weighted by Gasteiger charge is -2.31. The van der Waals surface area contributed by atoms with E-state index in [0.29, 0.717) is 19.0 Å². The van der Waals surface area contributed by atoms with Crippen LogP contribution in [0.5, 0.6) is 0 Å². The van der Waals surface area contributed by atoms with E-state index in [9.17, 15) is 14.4 Å². The number of nitrogens with two attached hydrogens (primary N) is 1. The van der Waals surface area contributed by atoms with E-state index in [1.807, 2.05) is 0 Å². The van der Waals surface area contributed by atoms with Crippen molar-refractivity contribution < 1.29 is 14.4 Å². The smallest absolute Gasteiger partial charge is 0.348 e. The molecule has 0 rings (SSSR count). The van der Waals surface area contributed by atoms with Crippen molar-refractivity contribution in [3.05, 3.63) is 0 Å². The number of amides is 3. The zero-order valence-corrected chi connectivity index (χ0v) is 11.4. The number of hydrogen-bond donors (Lipinski definition) is 4. The minimum absolute atomic E-state index is 0.295. The van der Waals surface area contributed by atoms with Gasteiger partial charge in [-0.1, -0.05) is 0 Å². The Morgan fingerprint density at radius 1 is 0.941 bits per heavy atom. The molecule has 0 heterocycles. The van der Waals surface area contributed by atoms with Crippen LogP contribution in [0.1, 0.15) is 27.2 Å². The van der Waals surface area contributed by atoms with Crippen LogP contribution in [0.25, 0.3) is 0 Å². The van der Waals surface area contributed by atoms with E-state index in [1.165, 1.54) is 20.8 Å². The summed E-state index contributed by atoms with van der Waals surface area (Å²) >= 11 is 0. The predicted molar refractivity (Wildman–Crippen MR) is 65.7 cm³/mol. The van der Waals surface area contributed by atoms with Crippen LogP contribution in [0.4, 0.5) is 0 Å². The predicted octanol–water partition coefficient (Wildman–Crippen LogP) is -1.32. The fourth-order valence-electron chi connectivity index (χ4n) is 1.55. The molecule has 0 aromatic carbocycles. The van der Waals surface area contributed by atoms with Gasteiger partial charge >= 0.3 is 8.56 Å². The zero-order chi connectivity index (χ0) is 13.5. The minimum atomic E-state index is -2.88. The summed E-state index contributed by atoms with van der Waals surface area (Å²) in [6.07, 6.45) is 0.604. The third kappa shape index (κ3) is 6.69. The lowest BCUT2D eigenvalue weighted by molar-refractivity contribution is -0.118. The van der Waals surface area contributed by atoms with Gasteiger partial charge in [-0.3, -0.25) is 14.4 Å². The molecule has 0 spiro atoms. The molecule has 0 radical (unpaired) electrons. The van der Waals surface area contributed by atoms with E-state index < -0.39 is 8.56 Å². The van der Waals surface area contributed by atoms with Crippen LogP contribution in [-0.2, 0) is 14.4 Å². The van der Waals surface area contributed by atoms with Gasteiger partial charge in [-0.05, 0) is 13.0 Å². The molecule has 0 bridgehead atoms. The lowest BCUT2D eigenvalue weighted by Crippen LogP contribution is -2.75. The first-order valence-corrected chi connectivity index (χ1v) is 7.58. The van der Waals surface area contributed by atoms with Crippen LogP contribution in [0, 0.1) is 0 Å². The fraction of sp³-hybridized carbons (Fsp3) is 0.667. The van der Waals surface area contributed by atoms with E-state index in [2.05, 4.69) is 14.9 Å². The van der Waals surface area contributed by atoms with Crippen molar-refractivity contribution in [2.75, 3.05) is 6.54 Å². The molecule has 0 unspecified atom stereocenters. The van der Waals surface area contributed by atoms with Crippen LogP contribution in [0.15, 0.2) is 0 Å². The molecule has 5 N–H and O–H groups in total. The Labute approximate surface area is 102 Å². The maximum absolute atomic E-state index is 11.2. The molecule has 17 heavy (non-hydrogen) atoms. The zero-order valence-electron chi connectivity index (χ0n) is 10.4. The molecule has 7 nitrogen and oxygen atoms in total. The number of carbonyl (C=O) groups is 3. The van der Waals surface area contributed by atoms with Gasteiger partial charge in [-0.15, -0.1) is 0 Å². The van der Waals surface area contributed by atoms with Crippen molar-refractivity contribution >= 4 is 26.3 Å². The maximum Gasteiger partial charge on any atom is 0.378 e. The number of carbonyl (C=O) groups excluding carboxylic acids is 3. The summed E-state index contributed by atoms with van der Waals surface area (Å²) in [5.74, 6) is -0.886. The van der Waals surface area contributed by atoms with Crippen molar-refractivity contribution in [2.45, 2.75) is 33.2 Å². The standard InChI is InChI=1S/C9H20N4O3Si/c1-7(14)11-17(6-4-5-10,12-8(2)15)13-9(3)16/h4-6,10H2,1-3H3,(H,11,14)(H,12,15)(H,13,16). The SMILES string of the molecule is CC(=O)N[Si](CCCN)(NC(C)=O)NC(C)=O. The van der Waals surface area contributed by atoms with E-state index in [4.69, 9.17) is 5.73 Å². The monoisotopic (exact) mass is 260 g/mol. The van der Waals surface area contributed by atoms with Gasteiger partial charge in [0.05, 0.1) is 0 Å². The normalized spacial score (nSPS) is 10.6. The van der Waals surface area contributed by atoms with Gasteiger partial charge in [0, 0.05) is 26.8 Å². The average Bonchev–Trinajstić information content (AvgIpc) is 2.11. The largest absolute Gasteiger partial charge is 0.378 e. The Balaban J connectivity index is 4.95. The van der Waals surface area contributed by atoms with Gasteiger partial charge < -0.3 is 20.7 Å². The molecule has 0 aliphatic rings. The topological polar surface area (TPSA) is 113 Å². The van der Waals surface area contributed by atoms with Crippen molar-refractivity contribution in [3.63, 3.8) is 0 Å². The van der Waals surface area contributed by atoms with Crippen LogP contribution in [0.3, 0.4) is 0 Å². The van der Waals surface area contributed by atoms with Gasteiger partial charge in [0.15, 0.2) is 0 Å². The molecule has 0 aromatic rings. The average molecular weight is 260 g/mol. The Bertz CT molecular complexity index is 268. The summed E-state index contributed by atoms with van der Waals surface area (Å²) in [6, 6.07) is 0.461. The Kier molecular flexibility index (Phi) is 6.44. The third-order valence-corrected chi connectivity index (χ3v) is 5.36. The van der Waals surface area contributed by atoms with Crippen molar-refractivity contribution in [1.82, 2.24) is 14.9 Å². The van der Waals surface area contributed by atoms with Crippen LogP contribution < -0.4 is 20.7 Å². The summed E-state index contributed by atoms with van der Waals surface area (Å²) in [6.45, 7) is 4.45. The summed E-state index contributed by atoms with van der Waals surface area (Å²) in [7, 11) is -2.88. The molecule has 0 aromatic heterocycles. The second kappa shape index (κ2) is 7.02. The van der Waals surface area contributed by atoms with Crippen LogP contribution in [-0.4, -0.2) is 32.8 Å². The van der Waals surface area contributed by atoms with Crippen molar-refractivity contribution in [2.24, 2.45) is 5.73 Å². The maximum atomic E-state index is 11.2. The molecule has 0 saturated carbocycles. The Morgan fingerprint density at radius 3 is 1.53 bits per heavy atom. The van der Waals surface area contributed by atoms with Gasteiger partial charge in [0.25, 0.3) is 0 Å². The van der Waals surface area contributed by atoms with Gasteiger partial charge in [0.1, 0.15) is 0 Å². The Morgan fingerprint density at radius 2 is 1.29 bits per heavy atom. The van der Waals surface area contributed by atoms with E-state index in [-0.39, 0.29) is 17.7 Å². The highest BCUT2D eigenvalue weighted by atomic mass is 28.4. The summed E-state index contributed by atoms with van der Waals surface area (Å²) in [5, 5.41) is 0. The summed E-state index contributed by atoms with van der Waals surface area (Å²) < 4.78 is 0.